The highest BCUT2D eigenvalue weighted by atomic mass is 32.1. The lowest BCUT2D eigenvalue weighted by atomic mass is 10.1. The first-order valence-electron chi connectivity index (χ1n) is 7.64. The third kappa shape index (κ3) is 3.97. The van der Waals surface area contributed by atoms with Crippen molar-refractivity contribution in [2.75, 3.05) is 11.9 Å². The zero-order valence-electron chi connectivity index (χ0n) is 13.2. The molecular weight excluding hydrogens is 322 g/mol. The molecule has 1 aromatic carbocycles. The Morgan fingerprint density at radius 2 is 2.00 bits per heavy atom. The molecule has 0 fully saturated rings. The summed E-state index contributed by atoms with van der Waals surface area (Å²) in [5.41, 5.74) is 1.61. The van der Waals surface area contributed by atoms with E-state index in [1.807, 2.05) is 25.1 Å². The minimum Gasteiger partial charge on any atom is -0.477 e. The van der Waals surface area contributed by atoms with Crippen molar-refractivity contribution < 1.29 is 9.53 Å². The lowest BCUT2D eigenvalue weighted by Gasteiger charge is -2.07. The van der Waals surface area contributed by atoms with E-state index in [-0.39, 0.29) is 5.91 Å². The molecule has 1 N–H and O–H groups in total. The molecule has 6 heteroatoms. The number of hydrogen-bond donors (Lipinski definition) is 1. The van der Waals surface area contributed by atoms with Crippen molar-refractivity contribution in [3.8, 4) is 5.88 Å². The molecule has 0 spiro atoms. The van der Waals surface area contributed by atoms with E-state index in [1.165, 1.54) is 16.9 Å². The number of rotatable bonds is 6. The van der Waals surface area contributed by atoms with Gasteiger partial charge in [0.2, 0.25) is 5.88 Å². The van der Waals surface area contributed by atoms with E-state index in [1.54, 1.807) is 24.5 Å². The van der Waals surface area contributed by atoms with Crippen molar-refractivity contribution in [2.24, 2.45) is 0 Å². The van der Waals surface area contributed by atoms with E-state index in [0.29, 0.717) is 23.2 Å². The third-order valence-electron chi connectivity index (χ3n) is 3.29. The molecule has 24 heavy (non-hydrogen) atoms. The Kier molecular flexibility index (Phi) is 5.18. The average molecular weight is 339 g/mol. The van der Waals surface area contributed by atoms with E-state index < -0.39 is 0 Å². The fourth-order valence-corrected chi connectivity index (χ4v) is 3.07. The van der Waals surface area contributed by atoms with Crippen LogP contribution >= 0.6 is 11.3 Å². The highest BCUT2D eigenvalue weighted by Gasteiger charge is 2.15. The molecule has 0 atom stereocenters. The van der Waals surface area contributed by atoms with Gasteiger partial charge in [-0.2, -0.15) is 0 Å². The largest absolute Gasteiger partial charge is 0.477 e. The summed E-state index contributed by atoms with van der Waals surface area (Å²) in [6.45, 7) is 2.31. The molecule has 0 radical (unpaired) electrons. The highest BCUT2D eigenvalue weighted by Crippen LogP contribution is 2.23. The number of pyridine rings is 1. The third-order valence-corrected chi connectivity index (χ3v) is 4.20. The summed E-state index contributed by atoms with van der Waals surface area (Å²) < 4.78 is 5.39. The Hall–Kier alpha value is -2.73. The van der Waals surface area contributed by atoms with Crippen molar-refractivity contribution in [1.82, 2.24) is 9.97 Å². The minimum absolute atomic E-state index is 0.271. The van der Waals surface area contributed by atoms with Gasteiger partial charge in [-0.3, -0.25) is 10.1 Å². The van der Waals surface area contributed by atoms with Crippen molar-refractivity contribution in [2.45, 2.75) is 13.3 Å². The van der Waals surface area contributed by atoms with Crippen LogP contribution in [0.4, 0.5) is 5.13 Å². The second kappa shape index (κ2) is 7.70. The maximum absolute atomic E-state index is 12.4. The van der Waals surface area contributed by atoms with E-state index >= 15 is 0 Å². The minimum atomic E-state index is -0.271. The van der Waals surface area contributed by atoms with Crippen LogP contribution in [0.2, 0.25) is 0 Å². The van der Waals surface area contributed by atoms with Crippen LogP contribution in [0.15, 0.2) is 54.9 Å². The summed E-state index contributed by atoms with van der Waals surface area (Å²) in [5, 5.41) is 3.38. The van der Waals surface area contributed by atoms with Gasteiger partial charge in [0, 0.05) is 23.7 Å². The average Bonchev–Trinajstić information content (AvgIpc) is 3.03. The molecule has 5 nitrogen and oxygen atoms in total. The molecule has 0 saturated carbocycles. The van der Waals surface area contributed by atoms with Gasteiger partial charge in [-0.15, -0.1) is 11.3 Å². The lowest BCUT2D eigenvalue weighted by molar-refractivity contribution is 0.102. The Morgan fingerprint density at radius 1 is 1.17 bits per heavy atom. The zero-order chi connectivity index (χ0) is 16.8. The number of anilines is 1. The number of amides is 1. The number of benzene rings is 1. The molecule has 0 unspecified atom stereocenters. The zero-order valence-corrected chi connectivity index (χ0v) is 14.0. The van der Waals surface area contributed by atoms with Gasteiger partial charge in [0.1, 0.15) is 5.56 Å². The molecule has 0 aliphatic heterocycles. The van der Waals surface area contributed by atoms with Gasteiger partial charge in [0.05, 0.1) is 6.61 Å². The van der Waals surface area contributed by atoms with E-state index in [2.05, 4.69) is 27.4 Å². The Labute approximate surface area is 144 Å². The number of nitrogens with zero attached hydrogens (tertiary/aromatic N) is 2. The van der Waals surface area contributed by atoms with Crippen LogP contribution in [0.25, 0.3) is 0 Å². The lowest BCUT2D eigenvalue weighted by Crippen LogP contribution is -2.14. The van der Waals surface area contributed by atoms with Gasteiger partial charge in [0.25, 0.3) is 5.91 Å². The number of carbonyl (C=O) groups excluding carboxylic acids is 1. The summed E-state index contributed by atoms with van der Waals surface area (Å²) in [4.78, 5) is 21.9. The molecule has 3 aromatic rings. The second-order valence-corrected chi connectivity index (χ2v) is 6.15. The summed E-state index contributed by atoms with van der Waals surface area (Å²) in [7, 11) is 0. The fourth-order valence-electron chi connectivity index (χ4n) is 2.22. The van der Waals surface area contributed by atoms with Crippen molar-refractivity contribution in [1.29, 1.82) is 0 Å². The Balaban J connectivity index is 1.69. The van der Waals surface area contributed by atoms with E-state index in [0.717, 1.165) is 11.3 Å². The summed E-state index contributed by atoms with van der Waals surface area (Å²) in [6.07, 6.45) is 4.19. The quantitative estimate of drug-likeness (QED) is 0.742. The normalized spacial score (nSPS) is 10.4. The van der Waals surface area contributed by atoms with E-state index in [4.69, 9.17) is 4.74 Å². The molecule has 1 amide bonds. The monoisotopic (exact) mass is 339 g/mol. The summed E-state index contributed by atoms with van der Waals surface area (Å²) in [5.74, 6) is 0.0609. The summed E-state index contributed by atoms with van der Waals surface area (Å²) >= 11 is 1.47. The van der Waals surface area contributed by atoms with Gasteiger partial charge in [0.15, 0.2) is 5.13 Å². The fraction of sp³-hybridized carbons (Fsp3) is 0.167. The molecule has 3 rings (SSSR count). The standard InChI is InChI=1S/C18H17N3O2S/c1-2-23-17-15(9-6-10-19-17)16(22)21-18-20-12-14(24-18)11-13-7-4-3-5-8-13/h3-10,12H,2,11H2,1H3,(H,20,21,22). The van der Waals surface area contributed by atoms with E-state index in [9.17, 15) is 4.79 Å². The molecule has 0 bridgehead atoms. The predicted molar refractivity (Wildman–Crippen MR) is 94.7 cm³/mol. The molecule has 0 aliphatic carbocycles. The predicted octanol–water partition coefficient (Wildman–Crippen LogP) is 3.78. The van der Waals surface area contributed by atoms with Gasteiger partial charge in [-0.1, -0.05) is 30.3 Å². The number of hydrogen-bond acceptors (Lipinski definition) is 5. The second-order valence-electron chi connectivity index (χ2n) is 5.04. The van der Waals surface area contributed by atoms with Gasteiger partial charge >= 0.3 is 0 Å². The number of thiazole rings is 1. The number of nitrogens with one attached hydrogen (secondary N) is 1. The molecule has 2 aromatic heterocycles. The van der Waals surface area contributed by atoms with Gasteiger partial charge in [-0.05, 0) is 24.6 Å². The number of carbonyl (C=O) groups is 1. The van der Waals surface area contributed by atoms with Crippen LogP contribution in [0, 0.1) is 0 Å². The van der Waals surface area contributed by atoms with Crippen LogP contribution in [0.3, 0.4) is 0 Å². The van der Waals surface area contributed by atoms with Crippen molar-refractivity contribution in [3.63, 3.8) is 0 Å². The van der Waals surface area contributed by atoms with Crippen molar-refractivity contribution >= 4 is 22.4 Å². The first-order chi connectivity index (χ1) is 11.8. The van der Waals surface area contributed by atoms with Crippen LogP contribution in [-0.4, -0.2) is 22.5 Å². The van der Waals surface area contributed by atoms with Crippen LogP contribution in [0.5, 0.6) is 5.88 Å². The Bertz CT molecular complexity index is 818. The molecular formula is C18H17N3O2S. The van der Waals surface area contributed by atoms with Gasteiger partial charge in [-0.25, -0.2) is 9.97 Å². The molecule has 122 valence electrons. The van der Waals surface area contributed by atoms with Gasteiger partial charge < -0.3 is 4.74 Å². The van der Waals surface area contributed by atoms with Crippen LogP contribution < -0.4 is 10.1 Å². The maximum Gasteiger partial charge on any atom is 0.262 e. The van der Waals surface area contributed by atoms with Crippen molar-refractivity contribution in [3.05, 3.63) is 70.9 Å². The number of ether oxygens (including phenoxy) is 1. The molecule has 0 saturated heterocycles. The SMILES string of the molecule is CCOc1ncccc1C(=O)Nc1ncc(Cc2ccccc2)s1. The van der Waals surface area contributed by atoms with Crippen LogP contribution in [0.1, 0.15) is 27.7 Å². The maximum atomic E-state index is 12.4. The molecule has 2 heterocycles. The smallest absolute Gasteiger partial charge is 0.262 e. The Morgan fingerprint density at radius 3 is 2.79 bits per heavy atom. The summed E-state index contributed by atoms with van der Waals surface area (Å²) in [6, 6.07) is 13.6. The topological polar surface area (TPSA) is 64.1 Å². The molecule has 0 aliphatic rings. The first kappa shape index (κ1) is 16.1. The van der Waals surface area contributed by atoms with Crippen LogP contribution in [-0.2, 0) is 6.42 Å². The first-order valence-corrected chi connectivity index (χ1v) is 8.45. The highest BCUT2D eigenvalue weighted by molar-refractivity contribution is 7.15. The number of aromatic nitrogens is 2.